The molecule has 1 aromatic heterocycles. The van der Waals surface area contributed by atoms with E-state index in [0.717, 1.165) is 11.2 Å². The minimum absolute atomic E-state index is 1.15. The molecular formula is C14H11N3S. The van der Waals surface area contributed by atoms with Crippen molar-refractivity contribution in [2.24, 2.45) is 7.05 Å². The molecule has 4 rings (SSSR count). The van der Waals surface area contributed by atoms with Gasteiger partial charge in [-0.1, -0.05) is 23.9 Å². The van der Waals surface area contributed by atoms with E-state index < -0.39 is 0 Å². The molecule has 2 aromatic carbocycles. The summed E-state index contributed by atoms with van der Waals surface area (Å²) >= 11 is 1.81. The molecule has 0 saturated heterocycles. The molecule has 1 aliphatic rings. The summed E-state index contributed by atoms with van der Waals surface area (Å²) in [5, 5.41) is 8.97. The van der Waals surface area contributed by atoms with Gasteiger partial charge in [-0.15, -0.1) is 0 Å². The molecular weight excluding hydrogens is 242 g/mol. The monoisotopic (exact) mass is 253 g/mol. The smallest absolute Gasteiger partial charge is 0.0700 e. The Morgan fingerprint density at radius 1 is 1.11 bits per heavy atom. The maximum absolute atomic E-state index is 4.30. The van der Waals surface area contributed by atoms with Gasteiger partial charge in [-0.05, 0) is 24.3 Å². The Morgan fingerprint density at radius 2 is 2.00 bits per heavy atom. The highest BCUT2D eigenvalue weighted by Crippen LogP contribution is 2.45. The average Bonchev–Trinajstić information content (AvgIpc) is 2.75. The van der Waals surface area contributed by atoms with E-state index in [1.807, 2.05) is 29.7 Å². The summed E-state index contributed by atoms with van der Waals surface area (Å²) in [6.45, 7) is 0. The Balaban J connectivity index is 1.93. The van der Waals surface area contributed by atoms with Crippen molar-refractivity contribution in [3.05, 3.63) is 42.6 Å². The summed E-state index contributed by atoms with van der Waals surface area (Å²) in [6, 6.07) is 12.7. The van der Waals surface area contributed by atoms with E-state index in [1.165, 1.54) is 20.9 Å². The second kappa shape index (κ2) is 3.53. The maximum atomic E-state index is 4.30. The maximum Gasteiger partial charge on any atom is 0.0700 e. The lowest BCUT2D eigenvalue weighted by molar-refractivity contribution is 0.797. The quantitative estimate of drug-likeness (QED) is 0.517. The third kappa shape index (κ3) is 1.36. The predicted molar refractivity (Wildman–Crippen MR) is 74.6 cm³/mol. The number of nitrogens with one attached hydrogen (secondary N) is 1. The minimum Gasteiger partial charge on any atom is -0.354 e. The van der Waals surface area contributed by atoms with E-state index in [0.29, 0.717) is 0 Å². The van der Waals surface area contributed by atoms with Crippen molar-refractivity contribution in [1.82, 2.24) is 9.78 Å². The third-order valence-electron chi connectivity index (χ3n) is 3.22. The molecule has 0 aliphatic carbocycles. The zero-order valence-corrected chi connectivity index (χ0v) is 10.7. The van der Waals surface area contributed by atoms with Crippen LogP contribution < -0.4 is 5.32 Å². The SMILES string of the molecule is Cn1ncc2cc3c(cc21)Nc1ccccc1S3. The first-order chi connectivity index (χ1) is 8.81. The first kappa shape index (κ1) is 10.0. The lowest BCUT2D eigenvalue weighted by Crippen LogP contribution is -2.00. The Bertz CT molecular complexity index is 761. The summed E-state index contributed by atoms with van der Waals surface area (Å²) in [5.41, 5.74) is 3.49. The second-order valence-electron chi connectivity index (χ2n) is 4.40. The molecule has 1 aliphatic heterocycles. The standard InChI is InChI=1S/C14H11N3S/c1-17-12-7-11-14(6-9(12)8-15-17)18-13-5-3-2-4-10(13)16-11/h2-8,16H,1H3. The van der Waals surface area contributed by atoms with Crippen LogP contribution in [-0.2, 0) is 7.05 Å². The minimum atomic E-state index is 1.15. The molecule has 0 unspecified atom stereocenters. The first-order valence-corrected chi connectivity index (χ1v) is 6.62. The molecule has 0 atom stereocenters. The fourth-order valence-corrected chi connectivity index (χ4v) is 3.30. The van der Waals surface area contributed by atoms with E-state index in [-0.39, 0.29) is 0 Å². The largest absolute Gasteiger partial charge is 0.354 e. The first-order valence-electron chi connectivity index (χ1n) is 5.81. The normalized spacial score (nSPS) is 12.9. The molecule has 0 bridgehead atoms. The summed E-state index contributed by atoms with van der Waals surface area (Å²) in [5.74, 6) is 0. The van der Waals surface area contributed by atoms with Gasteiger partial charge in [0.05, 0.1) is 23.1 Å². The van der Waals surface area contributed by atoms with Crippen LogP contribution in [0.2, 0.25) is 0 Å². The molecule has 18 heavy (non-hydrogen) atoms. The van der Waals surface area contributed by atoms with E-state index in [1.54, 1.807) is 0 Å². The van der Waals surface area contributed by atoms with Crippen LogP contribution in [0.5, 0.6) is 0 Å². The van der Waals surface area contributed by atoms with Gasteiger partial charge in [0.2, 0.25) is 0 Å². The molecule has 0 fully saturated rings. The zero-order chi connectivity index (χ0) is 12.1. The number of benzene rings is 2. The second-order valence-corrected chi connectivity index (χ2v) is 5.48. The van der Waals surface area contributed by atoms with E-state index in [4.69, 9.17) is 0 Å². The van der Waals surface area contributed by atoms with Crippen molar-refractivity contribution >= 4 is 34.0 Å². The Kier molecular flexibility index (Phi) is 1.96. The van der Waals surface area contributed by atoms with Gasteiger partial charge in [0.15, 0.2) is 0 Å². The van der Waals surface area contributed by atoms with Crippen LogP contribution in [0.4, 0.5) is 11.4 Å². The van der Waals surface area contributed by atoms with Crippen molar-refractivity contribution in [1.29, 1.82) is 0 Å². The third-order valence-corrected chi connectivity index (χ3v) is 4.36. The number of hydrogen-bond acceptors (Lipinski definition) is 3. The summed E-state index contributed by atoms with van der Waals surface area (Å²) in [4.78, 5) is 2.53. The Hall–Kier alpha value is -1.94. The number of aromatic nitrogens is 2. The highest BCUT2D eigenvalue weighted by atomic mass is 32.2. The van der Waals surface area contributed by atoms with Crippen molar-refractivity contribution in [3.63, 3.8) is 0 Å². The highest BCUT2D eigenvalue weighted by Gasteiger charge is 2.16. The molecule has 4 heteroatoms. The van der Waals surface area contributed by atoms with E-state index >= 15 is 0 Å². The Morgan fingerprint density at radius 3 is 2.94 bits per heavy atom. The van der Waals surface area contributed by atoms with E-state index in [9.17, 15) is 0 Å². The molecule has 3 aromatic rings. The van der Waals surface area contributed by atoms with Crippen molar-refractivity contribution in [3.8, 4) is 0 Å². The number of nitrogens with zero attached hydrogens (tertiary/aromatic N) is 2. The highest BCUT2D eigenvalue weighted by molar-refractivity contribution is 7.99. The van der Waals surface area contributed by atoms with Crippen LogP contribution in [0.1, 0.15) is 0 Å². The van der Waals surface area contributed by atoms with Crippen molar-refractivity contribution in [2.45, 2.75) is 9.79 Å². The molecule has 0 saturated carbocycles. The Labute approximate surface area is 109 Å². The predicted octanol–water partition coefficient (Wildman–Crippen LogP) is 3.78. The van der Waals surface area contributed by atoms with Gasteiger partial charge < -0.3 is 5.32 Å². The molecule has 0 spiro atoms. The fraction of sp³-hybridized carbons (Fsp3) is 0.0714. The van der Waals surface area contributed by atoms with Gasteiger partial charge in [-0.2, -0.15) is 5.10 Å². The van der Waals surface area contributed by atoms with Crippen molar-refractivity contribution < 1.29 is 0 Å². The van der Waals surface area contributed by atoms with Crippen molar-refractivity contribution in [2.75, 3.05) is 5.32 Å². The zero-order valence-electron chi connectivity index (χ0n) is 9.84. The van der Waals surface area contributed by atoms with Crippen LogP contribution >= 0.6 is 11.8 Å². The number of hydrogen-bond donors (Lipinski definition) is 1. The van der Waals surface area contributed by atoms with Gasteiger partial charge in [-0.25, -0.2) is 0 Å². The van der Waals surface area contributed by atoms with Gasteiger partial charge in [-0.3, -0.25) is 4.68 Å². The molecule has 0 amide bonds. The number of para-hydroxylation sites is 1. The molecule has 3 nitrogen and oxygen atoms in total. The number of anilines is 2. The van der Waals surface area contributed by atoms with Crippen LogP contribution in [0.15, 0.2) is 52.4 Å². The van der Waals surface area contributed by atoms with Gasteiger partial charge >= 0.3 is 0 Å². The fourth-order valence-electron chi connectivity index (χ4n) is 2.28. The van der Waals surface area contributed by atoms with Crippen LogP contribution in [0.3, 0.4) is 0 Å². The molecule has 1 N–H and O–H groups in total. The molecule has 0 radical (unpaired) electrons. The molecule has 88 valence electrons. The summed E-state index contributed by atoms with van der Waals surface area (Å²) in [6.07, 6.45) is 1.91. The van der Waals surface area contributed by atoms with Crippen LogP contribution in [0.25, 0.3) is 10.9 Å². The lowest BCUT2D eigenvalue weighted by Gasteiger charge is -2.20. The lowest BCUT2D eigenvalue weighted by atomic mass is 10.2. The average molecular weight is 253 g/mol. The van der Waals surface area contributed by atoms with Crippen LogP contribution in [-0.4, -0.2) is 9.78 Å². The topological polar surface area (TPSA) is 29.9 Å². The van der Waals surface area contributed by atoms with E-state index in [2.05, 4.69) is 46.8 Å². The molecule has 2 heterocycles. The number of rotatable bonds is 0. The summed E-state index contributed by atoms with van der Waals surface area (Å²) in [7, 11) is 1.97. The van der Waals surface area contributed by atoms with Gasteiger partial charge in [0.25, 0.3) is 0 Å². The number of aryl methyl sites for hydroxylation is 1. The number of fused-ring (bicyclic) bond motifs is 3. The van der Waals surface area contributed by atoms with Gasteiger partial charge in [0, 0.05) is 22.2 Å². The van der Waals surface area contributed by atoms with Crippen LogP contribution in [0, 0.1) is 0 Å². The van der Waals surface area contributed by atoms with Gasteiger partial charge in [0.1, 0.15) is 0 Å². The summed E-state index contributed by atoms with van der Waals surface area (Å²) < 4.78 is 1.91.